The van der Waals surface area contributed by atoms with Gasteiger partial charge in [-0.2, -0.15) is 0 Å². The minimum Gasteiger partial charge on any atom is -0.493 e. The molecule has 3 rings (SSSR count). The van der Waals surface area contributed by atoms with E-state index in [-0.39, 0.29) is 30.3 Å². The van der Waals surface area contributed by atoms with Crippen LogP contribution < -0.4 is 20.1 Å². The molecule has 2 aliphatic rings. The zero-order valence-electron chi connectivity index (χ0n) is 17.3. The fourth-order valence-electron chi connectivity index (χ4n) is 3.90. The second kappa shape index (κ2) is 11.3. The number of carbonyl (C=O) groups excluding carboxylic acids is 2. The lowest BCUT2D eigenvalue weighted by atomic mass is 9.98. The smallest absolute Gasteiger partial charge is 0.237 e. The first kappa shape index (κ1) is 23.3. The molecule has 0 radical (unpaired) electrons. The first-order valence-corrected chi connectivity index (χ1v) is 10.1. The number of halogens is 1. The van der Waals surface area contributed by atoms with Crippen molar-refractivity contribution in [3.8, 4) is 11.5 Å². The second-order valence-electron chi connectivity index (χ2n) is 7.44. The number of fused-ring (bicyclic) bond motifs is 1. The quantitative estimate of drug-likeness (QED) is 0.653. The van der Waals surface area contributed by atoms with Crippen LogP contribution in [0.15, 0.2) is 12.1 Å². The van der Waals surface area contributed by atoms with E-state index in [4.69, 9.17) is 9.47 Å². The lowest BCUT2D eigenvalue weighted by Crippen LogP contribution is -2.46. The van der Waals surface area contributed by atoms with Crippen molar-refractivity contribution in [2.45, 2.75) is 51.1 Å². The van der Waals surface area contributed by atoms with Crippen molar-refractivity contribution in [1.29, 1.82) is 0 Å². The number of benzene rings is 1. The van der Waals surface area contributed by atoms with E-state index in [1.807, 2.05) is 17.0 Å². The number of hydrogen-bond acceptors (Lipinski definition) is 5. The van der Waals surface area contributed by atoms with Crippen molar-refractivity contribution in [2.24, 2.45) is 0 Å². The van der Waals surface area contributed by atoms with E-state index in [2.05, 4.69) is 10.6 Å². The maximum atomic E-state index is 12.6. The van der Waals surface area contributed by atoms with Gasteiger partial charge in [0.2, 0.25) is 11.8 Å². The van der Waals surface area contributed by atoms with Crippen molar-refractivity contribution < 1.29 is 19.1 Å². The number of rotatable bonds is 7. The van der Waals surface area contributed by atoms with Gasteiger partial charge in [0.25, 0.3) is 0 Å². The number of amides is 2. The highest BCUT2D eigenvalue weighted by atomic mass is 35.5. The average molecular weight is 426 g/mol. The molecular weight excluding hydrogens is 394 g/mol. The molecule has 1 aromatic carbocycles. The van der Waals surface area contributed by atoms with Crippen molar-refractivity contribution in [3.63, 3.8) is 0 Å². The van der Waals surface area contributed by atoms with E-state index in [0.29, 0.717) is 38.2 Å². The van der Waals surface area contributed by atoms with Crippen LogP contribution in [0.1, 0.15) is 43.2 Å². The molecule has 8 heteroatoms. The summed E-state index contributed by atoms with van der Waals surface area (Å²) in [5, 5.41) is 6.19. The molecule has 1 unspecified atom stereocenters. The molecule has 29 heavy (non-hydrogen) atoms. The van der Waals surface area contributed by atoms with Crippen LogP contribution in [0.2, 0.25) is 0 Å². The predicted molar refractivity (Wildman–Crippen MR) is 114 cm³/mol. The molecule has 0 spiro atoms. The fourth-order valence-corrected chi connectivity index (χ4v) is 3.90. The van der Waals surface area contributed by atoms with Gasteiger partial charge in [-0.15, -0.1) is 12.4 Å². The lowest BCUT2D eigenvalue weighted by Gasteiger charge is -2.30. The highest BCUT2D eigenvalue weighted by Crippen LogP contribution is 2.33. The summed E-state index contributed by atoms with van der Waals surface area (Å²) in [6, 6.07) is 3.89. The lowest BCUT2D eigenvalue weighted by molar-refractivity contribution is -0.132. The second-order valence-corrected chi connectivity index (χ2v) is 7.44. The van der Waals surface area contributed by atoms with Crippen LogP contribution in [0.25, 0.3) is 0 Å². The molecule has 0 aliphatic carbocycles. The van der Waals surface area contributed by atoms with Gasteiger partial charge in [-0.25, -0.2) is 0 Å². The summed E-state index contributed by atoms with van der Waals surface area (Å²) < 4.78 is 10.7. The van der Waals surface area contributed by atoms with Gasteiger partial charge in [0, 0.05) is 26.1 Å². The Balaban J connectivity index is 0.00000300. The Kier molecular flexibility index (Phi) is 9.04. The van der Waals surface area contributed by atoms with Crippen LogP contribution in [0, 0.1) is 0 Å². The molecule has 7 nitrogen and oxygen atoms in total. The SMILES string of the molecule is COc1cc2c(cc1OC)CN(C(=O)CCCNC(=O)C1CCCCN1)CC2.Cl. The van der Waals surface area contributed by atoms with E-state index in [1.54, 1.807) is 14.2 Å². The summed E-state index contributed by atoms with van der Waals surface area (Å²) in [5.74, 6) is 1.60. The van der Waals surface area contributed by atoms with Gasteiger partial charge in [0.15, 0.2) is 11.5 Å². The zero-order valence-corrected chi connectivity index (χ0v) is 18.1. The summed E-state index contributed by atoms with van der Waals surface area (Å²) in [4.78, 5) is 26.6. The molecule has 2 heterocycles. The van der Waals surface area contributed by atoms with Gasteiger partial charge in [0.05, 0.1) is 20.3 Å². The largest absolute Gasteiger partial charge is 0.493 e. The number of hydrogen-bond donors (Lipinski definition) is 2. The summed E-state index contributed by atoms with van der Waals surface area (Å²) in [6.07, 6.45) is 5.04. The standard InChI is InChI=1S/C21H31N3O4.ClH/c1-27-18-12-15-8-11-24(14-16(15)13-19(18)28-2)20(25)7-5-10-23-21(26)17-6-3-4-9-22-17;/h12-13,17,22H,3-11,14H2,1-2H3,(H,23,26);1H. The third-order valence-electron chi connectivity index (χ3n) is 5.56. The Hall–Kier alpha value is -1.99. The third-order valence-corrected chi connectivity index (χ3v) is 5.56. The van der Waals surface area contributed by atoms with Crippen LogP contribution in [0.3, 0.4) is 0 Å². The van der Waals surface area contributed by atoms with Crippen LogP contribution >= 0.6 is 12.4 Å². The van der Waals surface area contributed by atoms with Gasteiger partial charge in [-0.3, -0.25) is 9.59 Å². The Morgan fingerprint density at radius 2 is 1.90 bits per heavy atom. The van der Waals surface area contributed by atoms with Crippen LogP contribution in [-0.2, 0) is 22.6 Å². The molecule has 1 fully saturated rings. The molecule has 162 valence electrons. The number of nitrogens with zero attached hydrogens (tertiary/aromatic N) is 1. The van der Waals surface area contributed by atoms with Gasteiger partial charge >= 0.3 is 0 Å². The van der Waals surface area contributed by atoms with Crippen molar-refractivity contribution in [1.82, 2.24) is 15.5 Å². The predicted octanol–water partition coefficient (Wildman–Crippen LogP) is 2.05. The van der Waals surface area contributed by atoms with E-state index in [9.17, 15) is 9.59 Å². The molecule has 2 amide bonds. The Morgan fingerprint density at radius 1 is 1.17 bits per heavy atom. The van der Waals surface area contributed by atoms with Crippen molar-refractivity contribution in [2.75, 3.05) is 33.9 Å². The molecular formula is C21H32ClN3O4. The maximum absolute atomic E-state index is 12.6. The van der Waals surface area contributed by atoms with E-state index < -0.39 is 0 Å². The monoisotopic (exact) mass is 425 g/mol. The van der Waals surface area contributed by atoms with Gasteiger partial charge < -0.3 is 25.0 Å². The van der Waals surface area contributed by atoms with E-state index in [0.717, 1.165) is 43.5 Å². The maximum Gasteiger partial charge on any atom is 0.237 e. The summed E-state index contributed by atoms with van der Waals surface area (Å²) >= 11 is 0. The molecule has 2 aliphatic heterocycles. The number of carbonyl (C=O) groups is 2. The highest BCUT2D eigenvalue weighted by Gasteiger charge is 2.23. The number of ether oxygens (including phenoxy) is 2. The van der Waals surface area contributed by atoms with Crippen molar-refractivity contribution in [3.05, 3.63) is 23.3 Å². The molecule has 1 aromatic rings. The molecule has 0 saturated carbocycles. The minimum atomic E-state index is -0.0741. The first-order valence-electron chi connectivity index (χ1n) is 10.1. The zero-order chi connectivity index (χ0) is 19.9. The summed E-state index contributed by atoms with van der Waals surface area (Å²) in [6.45, 7) is 2.74. The topological polar surface area (TPSA) is 79.9 Å². The molecule has 1 saturated heterocycles. The van der Waals surface area contributed by atoms with Crippen molar-refractivity contribution >= 4 is 24.2 Å². The van der Waals surface area contributed by atoms with E-state index in [1.165, 1.54) is 5.56 Å². The van der Waals surface area contributed by atoms with E-state index >= 15 is 0 Å². The summed E-state index contributed by atoms with van der Waals surface area (Å²) in [5.41, 5.74) is 2.31. The average Bonchev–Trinajstić information content (AvgIpc) is 2.75. The molecule has 2 N–H and O–H groups in total. The van der Waals surface area contributed by atoms with Crippen LogP contribution in [0.4, 0.5) is 0 Å². The molecule has 1 atom stereocenters. The Morgan fingerprint density at radius 3 is 2.55 bits per heavy atom. The van der Waals surface area contributed by atoms with Gasteiger partial charge in [-0.1, -0.05) is 6.42 Å². The normalized spacial score (nSPS) is 18.3. The third kappa shape index (κ3) is 6.00. The first-order chi connectivity index (χ1) is 13.6. The molecule has 0 bridgehead atoms. The van der Waals surface area contributed by atoms with Crippen LogP contribution in [-0.4, -0.2) is 56.6 Å². The minimum absolute atomic E-state index is 0. The number of methoxy groups -OCH3 is 2. The number of nitrogens with one attached hydrogen (secondary N) is 2. The van der Waals surface area contributed by atoms with Crippen LogP contribution in [0.5, 0.6) is 11.5 Å². The summed E-state index contributed by atoms with van der Waals surface area (Å²) in [7, 11) is 3.25. The van der Waals surface area contributed by atoms with Gasteiger partial charge in [-0.05, 0) is 55.5 Å². The number of piperidine rings is 1. The fraction of sp³-hybridized carbons (Fsp3) is 0.619. The molecule has 0 aromatic heterocycles. The Bertz CT molecular complexity index is 707. The van der Waals surface area contributed by atoms with Gasteiger partial charge in [0.1, 0.15) is 0 Å². The Labute approximate surface area is 178 Å². The highest BCUT2D eigenvalue weighted by molar-refractivity contribution is 5.85.